The smallest absolute Gasteiger partial charge is 0.177 e. The van der Waals surface area contributed by atoms with Gasteiger partial charge in [-0.3, -0.25) is 0 Å². The van der Waals surface area contributed by atoms with E-state index in [-0.39, 0.29) is 4.90 Å². The first-order chi connectivity index (χ1) is 8.30. The monoisotopic (exact) mass is 268 g/mol. The van der Waals surface area contributed by atoms with Crippen LogP contribution in [-0.4, -0.2) is 27.3 Å². The van der Waals surface area contributed by atoms with Gasteiger partial charge in [-0.2, -0.15) is 0 Å². The molecule has 1 aliphatic heterocycles. The van der Waals surface area contributed by atoms with E-state index >= 15 is 0 Å². The van der Waals surface area contributed by atoms with Crippen LogP contribution in [0.25, 0.3) is 0 Å². The second-order valence-electron chi connectivity index (χ2n) is 5.30. The second kappa shape index (κ2) is 4.46. The number of nitrogens with two attached hydrogens (primary N) is 1. The van der Waals surface area contributed by atoms with Gasteiger partial charge in [-0.05, 0) is 31.4 Å². The summed E-state index contributed by atoms with van der Waals surface area (Å²) in [5.41, 5.74) is 7.25. The summed E-state index contributed by atoms with van der Waals surface area (Å²) >= 11 is 0. The third-order valence-corrected chi connectivity index (χ3v) is 4.69. The number of benzene rings is 1. The number of sulfone groups is 1. The van der Waals surface area contributed by atoms with Gasteiger partial charge in [0.15, 0.2) is 9.84 Å². The zero-order chi connectivity index (χ0) is 13.5. The maximum atomic E-state index is 11.7. The van der Waals surface area contributed by atoms with Gasteiger partial charge in [0.25, 0.3) is 0 Å². The van der Waals surface area contributed by atoms with Crippen molar-refractivity contribution >= 4 is 21.2 Å². The van der Waals surface area contributed by atoms with Crippen molar-refractivity contribution in [3.05, 3.63) is 18.2 Å². The van der Waals surface area contributed by atoms with E-state index in [4.69, 9.17) is 5.73 Å². The van der Waals surface area contributed by atoms with Crippen LogP contribution >= 0.6 is 0 Å². The molecule has 0 amide bonds. The fourth-order valence-electron chi connectivity index (χ4n) is 2.74. The van der Waals surface area contributed by atoms with Gasteiger partial charge in [0, 0.05) is 18.8 Å². The van der Waals surface area contributed by atoms with Gasteiger partial charge in [0.2, 0.25) is 0 Å². The lowest BCUT2D eigenvalue weighted by atomic mass is 10.1. The molecule has 1 aromatic carbocycles. The summed E-state index contributed by atoms with van der Waals surface area (Å²) in [5, 5.41) is 0. The van der Waals surface area contributed by atoms with E-state index in [9.17, 15) is 8.42 Å². The average molecular weight is 268 g/mol. The quantitative estimate of drug-likeness (QED) is 0.832. The third kappa shape index (κ3) is 2.32. The van der Waals surface area contributed by atoms with Crippen LogP contribution < -0.4 is 10.6 Å². The molecule has 4 nitrogen and oxygen atoms in total. The Kier molecular flexibility index (Phi) is 3.27. The SMILES string of the molecule is CC1CC(C)N(c2cccc(S(C)(=O)=O)c2N)C1. The maximum Gasteiger partial charge on any atom is 0.177 e. The van der Waals surface area contributed by atoms with Gasteiger partial charge in [0.1, 0.15) is 0 Å². The molecular formula is C13H20N2O2S. The molecule has 1 saturated heterocycles. The number of hydrogen-bond donors (Lipinski definition) is 1. The highest BCUT2D eigenvalue weighted by atomic mass is 32.2. The van der Waals surface area contributed by atoms with E-state index in [2.05, 4.69) is 18.7 Å². The summed E-state index contributed by atoms with van der Waals surface area (Å²) in [6, 6.07) is 5.63. The lowest BCUT2D eigenvalue weighted by Gasteiger charge is -2.26. The van der Waals surface area contributed by atoms with Gasteiger partial charge in [-0.15, -0.1) is 0 Å². The van der Waals surface area contributed by atoms with Crippen molar-refractivity contribution in [2.24, 2.45) is 5.92 Å². The zero-order valence-corrected chi connectivity index (χ0v) is 11.9. The molecule has 5 heteroatoms. The van der Waals surface area contributed by atoms with Crippen molar-refractivity contribution in [3.63, 3.8) is 0 Å². The Morgan fingerprint density at radius 3 is 2.50 bits per heavy atom. The first-order valence-corrected chi connectivity index (χ1v) is 8.05. The number of nitrogen functional groups attached to an aromatic ring is 1. The Bertz CT molecular complexity index is 554. The van der Waals surface area contributed by atoms with Crippen molar-refractivity contribution in [2.75, 3.05) is 23.4 Å². The molecule has 0 saturated carbocycles. The van der Waals surface area contributed by atoms with Crippen molar-refractivity contribution in [2.45, 2.75) is 31.2 Å². The highest BCUT2D eigenvalue weighted by Gasteiger charge is 2.28. The molecule has 2 rings (SSSR count). The van der Waals surface area contributed by atoms with Crippen LogP contribution in [0.15, 0.2) is 23.1 Å². The second-order valence-corrected chi connectivity index (χ2v) is 7.29. The van der Waals surface area contributed by atoms with Crippen LogP contribution in [0.1, 0.15) is 20.3 Å². The number of anilines is 2. The van der Waals surface area contributed by atoms with Crippen molar-refractivity contribution in [3.8, 4) is 0 Å². The summed E-state index contributed by atoms with van der Waals surface area (Å²) in [7, 11) is -3.27. The minimum absolute atomic E-state index is 0.228. The lowest BCUT2D eigenvalue weighted by molar-refractivity contribution is 0.602. The van der Waals surface area contributed by atoms with Crippen molar-refractivity contribution < 1.29 is 8.42 Å². The molecule has 0 aliphatic carbocycles. The van der Waals surface area contributed by atoms with Crippen LogP contribution in [0, 0.1) is 5.92 Å². The highest BCUT2D eigenvalue weighted by Crippen LogP contribution is 2.35. The average Bonchev–Trinajstić information content (AvgIpc) is 2.56. The summed E-state index contributed by atoms with van der Waals surface area (Å²) in [4.78, 5) is 2.43. The highest BCUT2D eigenvalue weighted by molar-refractivity contribution is 7.90. The van der Waals surface area contributed by atoms with Crippen LogP contribution in [0.4, 0.5) is 11.4 Å². The predicted octanol–water partition coefficient (Wildman–Crippen LogP) is 1.91. The first-order valence-electron chi connectivity index (χ1n) is 6.16. The third-order valence-electron chi connectivity index (χ3n) is 3.54. The van der Waals surface area contributed by atoms with Gasteiger partial charge in [-0.1, -0.05) is 13.0 Å². The molecule has 100 valence electrons. The molecule has 1 aromatic rings. The predicted molar refractivity (Wildman–Crippen MR) is 74.6 cm³/mol. The van der Waals surface area contributed by atoms with E-state index < -0.39 is 9.84 Å². The number of para-hydroxylation sites is 1. The summed E-state index contributed by atoms with van der Waals surface area (Å²) in [6.07, 6.45) is 2.31. The van der Waals surface area contributed by atoms with E-state index in [1.807, 2.05) is 6.07 Å². The van der Waals surface area contributed by atoms with Crippen molar-refractivity contribution in [1.82, 2.24) is 0 Å². The molecule has 1 fully saturated rings. The molecule has 1 heterocycles. The summed E-state index contributed by atoms with van der Waals surface area (Å²) < 4.78 is 23.3. The number of nitrogens with zero attached hydrogens (tertiary/aromatic N) is 1. The largest absolute Gasteiger partial charge is 0.396 e. The molecule has 0 spiro atoms. The number of rotatable bonds is 2. The lowest BCUT2D eigenvalue weighted by Crippen LogP contribution is -2.27. The maximum absolute atomic E-state index is 11.7. The molecule has 2 unspecified atom stereocenters. The Morgan fingerprint density at radius 1 is 1.33 bits per heavy atom. The van der Waals surface area contributed by atoms with E-state index in [1.54, 1.807) is 12.1 Å². The van der Waals surface area contributed by atoms with Crippen LogP contribution in [0.5, 0.6) is 0 Å². The number of hydrogen-bond acceptors (Lipinski definition) is 4. The van der Waals surface area contributed by atoms with E-state index in [0.29, 0.717) is 17.6 Å². The minimum atomic E-state index is -3.27. The molecule has 1 aliphatic rings. The molecule has 0 radical (unpaired) electrons. The first kappa shape index (κ1) is 13.2. The Morgan fingerprint density at radius 2 is 2.00 bits per heavy atom. The minimum Gasteiger partial charge on any atom is -0.396 e. The standard InChI is InChI=1S/C13H20N2O2S/c1-9-7-10(2)15(8-9)11-5-4-6-12(13(11)14)18(3,16)17/h4-6,9-10H,7-8,14H2,1-3H3. The van der Waals surface area contributed by atoms with Crippen LogP contribution in [-0.2, 0) is 9.84 Å². The van der Waals surface area contributed by atoms with Gasteiger partial charge >= 0.3 is 0 Å². The fourth-order valence-corrected chi connectivity index (χ4v) is 3.57. The molecule has 2 N–H and O–H groups in total. The van der Waals surface area contributed by atoms with Crippen LogP contribution in [0.3, 0.4) is 0 Å². The molecule has 18 heavy (non-hydrogen) atoms. The Balaban J connectivity index is 2.47. The topological polar surface area (TPSA) is 63.4 Å². The fraction of sp³-hybridized carbons (Fsp3) is 0.538. The van der Waals surface area contributed by atoms with Gasteiger partial charge < -0.3 is 10.6 Å². The van der Waals surface area contributed by atoms with Gasteiger partial charge in [0.05, 0.1) is 16.3 Å². The Hall–Kier alpha value is -1.23. The molecule has 0 aromatic heterocycles. The summed E-state index contributed by atoms with van der Waals surface area (Å²) in [6.45, 7) is 5.28. The van der Waals surface area contributed by atoms with E-state index in [0.717, 1.165) is 18.7 Å². The van der Waals surface area contributed by atoms with E-state index in [1.165, 1.54) is 6.26 Å². The molecule has 0 bridgehead atoms. The van der Waals surface area contributed by atoms with Gasteiger partial charge in [-0.25, -0.2) is 8.42 Å². The summed E-state index contributed by atoms with van der Waals surface area (Å²) in [5.74, 6) is 0.612. The molecular weight excluding hydrogens is 248 g/mol. The van der Waals surface area contributed by atoms with Crippen molar-refractivity contribution in [1.29, 1.82) is 0 Å². The van der Waals surface area contributed by atoms with Crippen LogP contribution in [0.2, 0.25) is 0 Å². The Labute approximate surface area is 109 Å². The normalized spacial score (nSPS) is 24.5. The zero-order valence-electron chi connectivity index (χ0n) is 11.1. The molecule has 2 atom stereocenters.